The van der Waals surface area contributed by atoms with Crippen LogP contribution in [-0.2, 0) is 10.0 Å². The first-order valence-corrected chi connectivity index (χ1v) is 8.74. The highest BCUT2D eigenvalue weighted by Gasteiger charge is 2.22. The molecule has 132 valence electrons. The van der Waals surface area contributed by atoms with Gasteiger partial charge in [0, 0.05) is 30.4 Å². The quantitative estimate of drug-likeness (QED) is 0.624. The molecule has 0 fully saturated rings. The standard InChI is InChI=1S/C16H17N3O5S/c1-10-7-14(19(21)22)9-15(11(10)2)25(23,24)18-13-6-4-5-12(8-13)16(20)17-3/h4-9,18H,1-3H3,(H,17,20). The number of hydrogen-bond donors (Lipinski definition) is 2. The van der Waals surface area contributed by atoms with Crippen LogP contribution in [0.15, 0.2) is 41.3 Å². The summed E-state index contributed by atoms with van der Waals surface area (Å²) in [5.41, 5.74) is 1.08. The van der Waals surface area contributed by atoms with Crippen LogP contribution < -0.4 is 10.0 Å². The summed E-state index contributed by atoms with van der Waals surface area (Å²) in [7, 11) is -2.59. The number of amides is 1. The van der Waals surface area contributed by atoms with Gasteiger partial charge < -0.3 is 5.32 Å². The molecule has 0 saturated carbocycles. The van der Waals surface area contributed by atoms with Gasteiger partial charge in [0.05, 0.1) is 9.82 Å². The summed E-state index contributed by atoms with van der Waals surface area (Å²) in [4.78, 5) is 21.8. The van der Waals surface area contributed by atoms with E-state index in [0.717, 1.165) is 6.07 Å². The molecule has 1 amide bonds. The second-order valence-electron chi connectivity index (χ2n) is 5.41. The Kier molecular flexibility index (Phi) is 5.07. The average Bonchev–Trinajstić information content (AvgIpc) is 2.55. The molecule has 2 rings (SSSR count). The molecule has 0 heterocycles. The third kappa shape index (κ3) is 3.94. The van der Waals surface area contributed by atoms with Gasteiger partial charge in [-0.1, -0.05) is 6.07 Å². The van der Waals surface area contributed by atoms with Crippen molar-refractivity contribution in [1.29, 1.82) is 0 Å². The molecule has 9 heteroatoms. The number of nitro groups is 1. The minimum absolute atomic E-state index is 0.176. The van der Waals surface area contributed by atoms with E-state index in [9.17, 15) is 23.3 Å². The first-order valence-electron chi connectivity index (χ1n) is 7.26. The molecular weight excluding hydrogens is 346 g/mol. The van der Waals surface area contributed by atoms with Crippen molar-refractivity contribution in [2.75, 3.05) is 11.8 Å². The molecule has 0 bridgehead atoms. The number of rotatable bonds is 5. The summed E-state index contributed by atoms with van der Waals surface area (Å²) in [5.74, 6) is -0.358. The zero-order valence-corrected chi connectivity index (χ0v) is 14.7. The maximum absolute atomic E-state index is 12.7. The number of carbonyl (C=O) groups is 1. The number of hydrogen-bond acceptors (Lipinski definition) is 5. The lowest BCUT2D eigenvalue weighted by atomic mass is 10.1. The van der Waals surface area contributed by atoms with Crippen molar-refractivity contribution < 1.29 is 18.1 Å². The van der Waals surface area contributed by atoms with Gasteiger partial charge in [0.25, 0.3) is 21.6 Å². The van der Waals surface area contributed by atoms with Gasteiger partial charge in [-0.25, -0.2) is 8.42 Å². The zero-order chi connectivity index (χ0) is 18.8. The summed E-state index contributed by atoms with van der Waals surface area (Å²) in [6.07, 6.45) is 0. The van der Waals surface area contributed by atoms with Gasteiger partial charge in [-0.15, -0.1) is 0 Å². The number of aryl methyl sites for hydroxylation is 1. The average molecular weight is 363 g/mol. The van der Waals surface area contributed by atoms with Crippen molar-refractivity contribution in [3.8, 4) is 0 Å². The first-order chi connectivity index (χ1) is 11.7. The van der Waals surface area contributed by atoms with Crippen LogP contribution in [0.4, 0.5) is 11.4 Å². The number of nitrogens with one attached hydrogen (secondary N) is 2. The monoisotopic (exact) mass is 363 g/mol. The van der Waals surface area contributed by atoms with E-state index in [2.05, 4.69) is 10.0 Å². The van der Waals surface area contributed by atoms with E-state index in [1.54, 1.807) is 19.9 Å². The van der Waals surface area contributed by atoms with Crippen LogP contribution in [0.3, 0.4) is 0 Å². The number of carbonyl (C=O) groups excluding carboxylic acids is 1. The summed E-state index contributed by atoms with van der Waals surface area (Å²) < 4.78 is 27.7. The second kappa shape index (κ2) is 6.89. The van der Waals surface area contributed by atoms with Crippen LogP contribution in [0.2, 0.25) is 0 Å². The Balaban J connectivity index is 2.47. The largest absolute Gasteiger partial charge is 0.355 e. The molecule has 0 spiro atoms. The van der Waals surface area contributed by atoms with Crippen molar-refractivity contribution in [2.24, 2.45) is 0 Å². The van der Waals surface area contributed by atoms with Gasteiger partial charge >= 0.3 is 0 Å². The minimum Gasteiger partial charge on any atom is -0.355 e. The Labute approximate surface area is 145 Å². The molecule has 0 aliphatic carbocycles. The summed E-state index contributed by atoms with van der Waals surface area (Å²) in [6.45, 7) is 3.18. The number of benzene rings is 2. The van der Waals surface area contributed by atoms with E-state index < -0.39 is 14.9 Å². The van der Waals surface area contributed by atoms with Crippen LogP contribution in [-0.4, -0.2) is 26.3 Å². The van der Waals surface area contributed by atoms with Crippen molar-refractivity contribution in [1.82, 2.24) is 5.32 Å². The van der Waals surface area contributed by atoms with Crippen molar-refractivity contribution in [3.05, 3.63) is 63.2 Å². The molecule has 2 N–H and O–H groups in total. The molecule has 2 aromatic rings. The SMILES string of the molecule is CNC(=O)c1cccc(NS(=O)(=O)c2cc([N+](=O)[O-])cc(C)c2C)c1. The van der Waals surface area contributed by atoms with Crippen LogP contribution in [0, 0.1) is 24.0 Å². The van der Waals surface area contributed by atoms with E-state index in [4.69, 9.17) is 0 Å². The Bertz CT molecular complexity index is 954. The molecule has 0 unspecified atom stereocenters. The van der Waals surface area contributed by atoms with Crippen molar-refractivity contribution >= 4 is 27.3 Å². The molecule has 25 heavy (non-hydrogen) atoms. The lowest BCUT2D eigenvalue weighted by Gasteiger charge is -2.12. The summed E-state index contributed by atoms with van der Waals surface area (Å²) in [5, 5.41) is 13.4. The Morgan fingerprint density at radius 1 is 1.16 bits per heavy atom. The van der Waals surface area contributed by atoms with Crippen LogP contribution >= 0.6 is 0 Å². The van der Waals surface area contributed by atoms with Crippen LogP contribution in [0.25, 0.3) is 0 Å². The highest BCUT2D eigenvalue weighted by molar-refractivity contribution is 7.92. The van der Waals surface area contributed by atoms with Gasteiger partial charge in [0.1, 0.15) is 0 Å². The number of anilines is 1. The van der Waals surface area contributed by atoms with Gasteiger partial charge in [0.15, 0.2) is 0 Å². The topological polar surface area (TPSA) is 118 Å². The van der Waals surface area contributed by atoms with Crippen molar-refractivity contribution in [3.63, 3.8) is 0 Å². The van der Waals surface area contributed by atoms with E-state index in [1.807, 2.05) is 0 Å². The Morgan fingerprint density at radius 2 is 1.84 bits per heavy atom. The second-order valence-corrected chi connectivity index (χ2v) is 7.06. The van der Waals surface area contributed by atoms with Gasteiger partial charge in [-0.3, -0.25) is 19.6 Å². The van der Waals surface area contributed by atoms with Crippen molar-refractivity contribution in [2.45, 2.75) is 18.7 Å². The van der Waals surface area contributed by atoms with Gasteiger partial charge in [0.2, 0.25) is 0 Å². The predicted molar refractivity (Wildman–Crippen MR) is 93.2 cm³/mol. The van der Waals surface area contributed by atoms with E-state index in [0.29, 0.717) is 11.1 Å². The lowest BCUT2D eigenvalue weighted by molar-refractivity contribution is -0.385. The molecule has 2 aromatic carbocycles. The minimum atomic E-state index is -4.06. The first kappa shape index (κ1) is 18.4. The van der Waals surface area contributed by atoms with Crippen LogP contribution in [0.5, 0.6) is 0 Å². The van der Waals surface area contributed by atoms with Gasteiger partial charge in [-0.05, 0) is 43.2 Å². The number of nitrogens with zero attached hydrogens (tertiary/aromatic N) is 1. The van der Waals surface area contributed by atoms with E-state index in [-0.39, 0.29) is 27.7 Å². The van der Waals surface area contributed by atoms with E-state index in [1.165, 1.54) is 31.3 Å². The molecule has 0 aliphatic rings. The lowest BCUT2D eigenvalue weighted by Crippen LogP contribution is -2.19. The number of nitro benzene ring substituents is 1. The highest BCUT2D eigenvalue weighted by atomic mass is 32.2. The Morgan fingerprint density at radius 3 is 2.44 bits per heavy atom. The smallest absolute Gasteiger partial charge is 0.271 e. The third-order valence-electron chi connectivity index (χ3n) is 3.71. The molecule has 8 nitrogen and oxygen atoms in total. The number of sulfonamides is 1. The summed E-state index contributed by atoms with van der Waals surface area (Å²) >= 11 is 0. The number of non-ortho nitro benzene ring substituents is 1. The van der Waals surface area contributed by atoms with Crippen LogP contribution in [0.1, 0.15) is 21.5 Å². The highest BCUT2D eigenvalue weighted by Crippen LogP contribution is 2.27. The molecule has 0 aromatic heterocycles. The fraction of sp³-hybridized carbons (Fsp3) is 0.188. The Hall–Kier alpha value is -2.94. The molecular formula is C16H17N3O5S. The molecule has 0 saturated heterocycles. The predicted octanol–water partition coefficient (Wildman–Crippen LogP) is 2.37. The maximum Gasteiger partial charge on any atom is 0.271 e. The summed E-state index contributed by atoms with van der Waals surface area (Å²) in [6, 6.07) is 8.29. The molecule has 0 atom stereocenters. The van der Waals surface area contributed by atoms with Gasteiger partial charge in [-0.2, -0.15) is 0 Å². The molecule has 0 radical (unpaired) electrons. The maximum atomic E-state index is 12.7. The fourth-order valence-corrected chi connectivity index (χ4v) is 3.66. The fourth-order valence-electron chi connectivity index (χ4n) is 2.27. The zero-order valence-electron chi connectivity index (χ0n) is 13.9. The van der Waals surface area contributed by atoms with E-state index >= 15 is 0 Å². The third-order valence-corrected chi connectivity index (χ3v) is 5.22. The molecule has 0 aliphatic heterocycles. The normalized spacial score (nSPS) is 11.0.